The monoisotopic (exact) mass is 294 g/mol. The van der Waals surface area contributed by atoms with Crippen molar-refractivity contribution in [2.24, 2.45) is 7.05 Å². The molecule has 0 aliphatic heterocycles. The molecule has 0 amide bonds. The van der Waals surface area contributed by atoms with Gasteiger partial charge in [-0.15, -0.1) is 0 Å². The van der Waals surface area contributed by atoms with Crippen molar-refractivity contribution in [1.29, 1.82) is 0 Å². The number of benzene rings is 1. The zero-order valence-electron chi connectivity index (χ0n) is 10.1. The first-order valence-electron chi connectivity index (χ1n) is 5.43. The first kappa shape index (κ1) is 12.3. The zero-order chi connectivity index (χ0) is 12.6. The number of aromatic nitrogens is 2. The van der Waals surface area contributed by atoms with Crippen LogP contribution in [0.15, 0.2) is 28.9 Å². The summed E-state index contributed by atoms with van der Waals surface area (Å²) in [6.45, 7) is 4.05. The van der Waals surface area contributed by atoms with Crippen LogP contribution >= 0.6 is 15.9 Å². The molecule has 1 unspecified atom stereocenters. The molecule has 3 nitrogen and oxygen atoms in total. The fourth-order valence-electron chi connectivity index (χ4n) is 1.96. The topological polar surface area (TPSA) is 38.1 Å². The Balaban J connectivity index is 2.45. The Kier molecular flexibility index (Phi) is 3.35. The van der Waals surface area contributed by atoms with E-state index in [2.05, 4.69) is 21.0 Å². The minimum Gasteiger partial charge on any atom is -0.382 e. The van der Waals surface area contributed by atoms with E-state index in [1.54, 1.807) is 10.9 Å². The van der Waals surface area contributed by atoms with Gasteiger partial charge < -0.3 is 5.11 Å². The van der Waals surface area contributed by atoms with Gasteiger partial charge in [-0.25, -0.2) is 0 Å². The third-order valence-corrected chi connectivity index (χ3v) is 4.16. The maximum absolute atomic E-state index is 10.3. The highest BCUT2D eigenvalue weighted by Gasteiger charge is 2.15. The van der Waals surface area contributed by atoms with E-state index in [-0.39, 0.29) is 0 Å². The van der Waals surface area contributed by atoms with Crippen molar-refractivity contribution in [2.45, 2.75) is 20.0 Å². The first-order valence-corrected chi connectivity index (χ1v) is 6.22. The van der Waals surface area contributed by atoms with Gasteiger partial charge in [-0.05, 0) is 36.6 Å². The van der Waals surface area contributed by atoms with Gasteiger partial charge in [0.2, 0.25) is 0 Å². The molecule has 1 N–H and O–H groups in total. The maximum Gasteiger partial charge on any atom is 0.121 e. The number of hydrogen-bond acceptors (Lipinski definition) is 2. The summed E-state index contributed by atoms with van der Waals surface area (Å²) in [6, 6.07) is 5.82. The summed E-state index contributed by atoms with van der Waals surface area (Å²) in [5, 5.41) is 14.4. The Labute approximate surface area is 109 Å². The van der Waals surface area contributed by atoms with Crippen LogP contribution in [0, 0.1) is 13.8 Å². The molecule has 0 aliphatic rings. The lowest BCUT2D eigenvalue weighted by Crippen LogP contribution is -2.07. The van der Waals surface area contributed by atoms with Gasteiger partial charge in [0.25, 0.3) is 0 Å². The molecule has 2 rings (SSSR count). The van der Waals surface area contributed by atoms with Crippen molar-refractivity contribution in [2.75, 3.05) is 0 Å². The molecule has 0 spiro atoms. The summed E-state index contributed by atoms with van der Waals surface area (Å²) >= 11 is 3.53. The zero-order valence-corrected chi connectivity index (χ0v) is 11.7. The summed E-state index contributed by atoms with van der Waals surface area (Å²) in [6.07, 6.45) is 1.06. The van der Waals surface area contributed by atoms with E-state index in [1.165, 1.54) is 0 Å². The van der Waals surface area contributed by atoms with Crippen LogP contribution in [0.1, 0.15) is 28.5 Å². The summed E-state index contributed by atoms with van der Waals surface area (Å²) in [4.78, 5) is 0. The largest absolute Gasteiger partial charge is 0.382 e. The molecule has 0 aliphatic carbocycles. The van der Waals surface area contributed by atoms with E-state index in [0.29, 0.717) is 0 Å². The number of aryl methyl sites for hydroxylation is 3. The lowest BCUT2D eigenvalue weighted by atomic mass is 10.0. The Morgan fingerprint density at radius 2 is 1.88 bits per heavy atom. The third-order valence-electron chi connectivity index (χ3n) is 2.91. The van der Waals surface area contributed by atoms with Crippen LogP contribution in [0.3, 0.4) is 0 Å². The Hall–Kier alpha value is -1.13. The van der Waals surface area contributed by atoms with Gasteiger partial charge in [0, 0.05) is 17.7 Å². The highest BCUT2D eigenvalue weighted by atomic mass is 79.9. The molecular weight excluding hydrogens is 280 g/mol. The molecule has 1 aromatic carbocycles. The number of hydrogen-bond donors (Lipinski definition) is 1. The van der Waals surface area contributed by atoms with E-state index >= 15 is 0 Å². The molecule has 0 saturated carbocycles. The molecular formula is C13H15BrN2O. The molecule has 1 heterocycles. The second-order valence-electron chi connectivity index (χ2n) is 4.25. The van der Waals surface area contributed by atoms with Crippen LogP contribution in [0.5, 0.6) is 0 Å². The van der Waals surface area contributed by atoms with Crippen molar-refractivity contribution in [3.63, 3.8) is 0 Å². The standard InChI is InChI=1S/C13H15BrN2O/c1-8-6-10(7-9(2)12(8)14)13(17)11-4-5-15-16(11)3/h4-7,13,17H,1-3H3. The summed E-state index contributed by atoms with van der Waals surface area (Å²) < 4.78 is 2.79. The van der Waals surface area contributed by atoms with Gasteiger partial charge in [0.1, 0.15) is 6.10 Å². The van der Waals surface area contributed by atoms with Crippen LogP contribution in [0.25, 0.3) is 0 Å². The van der Waals surface area contributed by atoms with Gasteiger partial charge in [0.15, 0.2) is 0 Å². The molecule has 90 valence electrons. The van der Waals surface area contributed by atoms with Gasteiger partial charge in [-0.2, -0.15) is 5.10 Å². The quantitative estimate of drug-likeness (QED) is 0.925. The lowest BCUT2D eigenvalue weighted by Gasteiger charge is -2.14. The summed E-state index contributed by atoms with van der Waals surface area (Å²) in [5.41, 5.74) is 3.94. The predicted molar refractivity (Wildman–Crippen MR) is 70.9 cm³/mol. The summed E-state index contributed by atoms with van der Waals surface area (Å²) in [5.74, 6) is 0. The molecule has 1 aromatic heterocycles. The van der Waals surface area contributed by atoms with E-state index in [1.807, 2.05) is 39.1 Å². The number of halogens is 1. The van der Waals surface area contributed by atoms with Crippen molar-refractivity contribution in [3.8, 4) is 0 Å². The van der Waals surface area contributed by atoms with Gasteiger partial charge >= 0.3 is 0 Å². The number of rotatable bonds is 2. The van der Waals surface area contributed by atoms with E-state index in [4.69, 9.17) is 0 Å². The first-order chi connectivity index (χ1) is 8.00. The van der Waals surface area contributed by atoms with E-state index in [9.17, 15) is 5.11 Å². The second kappa shape index (κ2) is 4.63. The van der Waals surface area contributed by atoms with Crippen molar-refractivity contribution in [1.82, 2.24) is 9.78 Å². The van der Waals surface area contributed by atoms with Crippen LogP contribution in [-0.2, 0) is 7.05 Å². The highest BCUT2D eigenvalue weighted by Crippen LogP contribution is 2.28. The minimum atomic E-state index is -0.631. The molecule has 2 aromatic rings. The van der Waals surface area contributed by atoms with Gasteiger partial charge in [0.05, 0.1) is 5.69 Å². The Morgan fingerprint density at radius 1 is 1.29 bits per heavy atom. The highest BCUT2D eigenvalue weighted by molar-refractivity contribution is 9.10. The molecule has 0 saturated heterocycles. The van der Waals surface area contributed by atoms with Crippen LogP contribution in [0.4, 0.5) is 0 Å². The average molecular weight is 295 g/mol. The van der Waals surface area contributed by atoms with Crippen LogP contribution < -0.4 is 0 Å². The van der Waals surface area contributed by atoms with Crippen LogP contribution in [0.2, 0.25) is 0 Å². The Morgan fingerprint density at radius 3 is 2.35 bits per heavy atom. The fraction of sp³-hybridized carbons (Fsp3) is 0.308. The lowest BCUT2D eigenvalue weighted by molar-refractivity contribution is 0.209. The number of aliphatic hydroxyl groups excluding tert-OH is 1. The molecule has 0 fully saturated rings. The average Bonchev–Trinajstić information content (AvgIpc) is 2.70. The number of aliphatic hydroxyl groups is 1. The minimum absolute atomic E-state index is 0.631. The normalized spacial score (nSPS) is 12.8. The fourth-order valence-corrected chi connectivity index (χ4v) is 2.19. The SMILES string of the molecule is Cc1cc(C(O)c2ccnn2C)cc(C)c1Br. The van der Waals surface area contributed by atoms with Crippen molar-refractivity contribution >= 4 is 15.9 Å². The Bertz CT molecular complexity index is 525. The predicted octanol–water partition coefficient (Wildman–Crippen LogP) is 2.88. The molecule has 0 radical (unpaired) electrons. The molecule has 1 atom stereocenters. The van der Waals surface area contributed by atoms with Crippen LogP contribution in [-0.4, -0.2) is 14.9 Å². The van der Waals surface area contributed by atoms with E-state index in [0.717, 1.165) is 26.9 Å². The van der Waals surface area contributed by atoms with Gasteiger partial charge in [-0.1, -0.05) is 28.1 Å². The molecule has 17 heavy (non-hydrogen) atoms. The number of nitrogens with zero attached hydrogens (tertiary/aromatic N) is 2. The second-order valence-corrected chi connectivity index (χ2v) is 5.04. The van der Waals surface area contributed by atoms with Crippen molar-refractivity contribution < 1.29 is 5.11 Å². The molecule has 0 bridgehead atoms. The third kappa shape index (κ3) is 2.28. The maximum atomic E-state index is 10.3. The van der Waals surface area contributed by atoms with Crippen molar-refractivity contribution in [3.05, 3.63) is 51.3 Å². The summed E-state index contributed by atoms with van der Waals surface area (Å²) in [7, 11) is 1.83. The molecule has 4 heteroatoms. The smallest absolute Gasteiger partial charge is 0.121 e. The van der Waals surface area contributed by atoms with E-state index < -0.39 is 6.10 Å². The van der Waals surface area contributed by atoms with Gasteiger partial charge in [-0.3, -0.25) is 4.68 Å².